The number of aliphatic imine (C=N–C) groups is 1. The summed E-state index contributed by atoms with van der Waals surface area (Å²) >= 11 is 4.58. The van der Waals surface area contributed by atoms with E-state index < -0.39 is 0 Å². The molecule has 4 nitrogen and oxygen atoms in total. The number of isothiocyanates is 1. The molecule has 0 heterocycles. The van der Waals surface area contributed by atoms with Crippen molar-refractivity contribution in [3.05, 3.63) is 42.0 Å². The number of fused-ring (bicyclic) bond motifs is 1. The molecule has 5 heteroatoms. The molecule has 1 aliphatic rings. The van der Waals surface area contributed by atoms with Crippen LogP contribution in [0.2, 0.25) is 0 Å². The van der Waals surface area contributed by atoms with Gasteiger partial charge >= 0.3 is 0 Å². The van der Waals surface area contributed by atoms with E-state index in [1.54, 1.807) is 7.11 Å². The van der Waals surface area contributed by atoms with E-state index in [2.05, 4.69) is 27.7 Å². The Morgan fingerprint density at radius 1 is 1.27 bits per heavy atom. The van der Waals surface area contributed by atoms with Crippen LogP contribution in [-0.4, -0.2) is 30.3 Å². The van der Waals surface area contributed by atoms with Crippen molar-refractivity contribution in [2.75, 3.05) is 7.11 Å². The van der Waals surface area contributed by atoms with Crippen LogP contribution in [0.5, 0.6) is 5.75 Å². The van der Waals surface area contributed by atoms with Crippen LogP contribution in [0.15, 0.2) is 41.4 Å². The number of nitrogens with zero attached hydrogens (tertiary/aromatic N) is 1. The zero-order valence-electron chi connectivity index (χ0n) is 12.2. The molecule has 1 amide bonds. The van der Waals surface area contributed by atoms with Gasteiger partial charge in [-0.2, -0.15) is 0 Å². The maximum atomic E-state index is 12.3. The lowest BCUT2D eigenvalue weighted by molar-refractivity contribution is 0.0911. The van der Waals surface area contributed by atoms with Crippen LogP contribution in [0.3, 0.4) is 0 Å². The normalized spacial score (nSPS) is 19.9. The van der Waals surface area contributed by atoms with Gasteiger partial charge < -0.3 is 10.1 Å². The molecule has 2 aromatic carbocycles. The summed E-state index contributed by atoms with van der Waals surface area (Å²) in [5.41, 5.74) is 0.666. The molecule has 3 rings (SSSR count). The second-order valence-electron chi connectivity index (χ2n) is 5.44. The number of methoxy groups -OCH3 is 1. The molecule has 1 fully saturated rings. The van der Waals surface area contributed by atoms with Crippen molar-refractivity contribution < 1.29 is 9.53 Å². The van der Waals surface area contributed by atoms with Gasteiger partial charge in [0.2, 0.25) is 0 Å². The fourth-order valence-corrected chi connectivity index (χ4v) is 2.80. The number of carbonyl (C=O) groups is 1. The Morgan fingerprint density at radius 3 is 2.73 bits per heavy atom. The average molecular weight is 312 g/mol. The number of rotatable bonds is 4. The van der Waals surface area contributed by atoms with Crippen LogP contribution in [0.1, 0.15) is 23.2 Å². The summed E-state index contributed by atoms with van der Waals surface area (Å²) < 4.78 is 5.20. The molecule has 1 saturated carbocycles. The highest BCUT2D eigenvalue weighted by Crippen LogP contribution is 2.24. The third-order valence-corrected chi connectivity index (χ3v) is 4.10. The molecule has 0 atom stereocenters. The average Bonchev–Trinajstić information content (AvgIpc) is 2.51. The number of benzene rings is 2. The number of thiocarbonyl (C=S) groups is 1. The quantitative estimate of drug-likeness (QED) is 0.696. The van der Waals surface area contributed by atoms with Crippen LogP contribution >= 0.6 is 12.2 Å². The summed E-state index contributed by atoms with van der Waals surface area (Å²) in [6.07, 6.45) is 1.67. The molecule has 1 N–H and O–H groups in total. The van der Waals surface area contributed by atoms with Crippen molar-refractivity contribution in [2.24, 2.45) is 4.99 Å². The van der Waals surface area contributed by atoms with Gasteiger partial charge in [-0.25, -0.2) is 4.99 Å². The van der Waals surface area contributed by atoms with Crippen LogP contribution in [-0.2, 0) is 0 Å². The minimum Gasteiger partial charge on any atom is -0.497 e. The standard InChI is InChI=1S/C17H16N2O2S/c1-21-16-5-4-11-6-13(3-2-12(11)7-16)17(20)19-15-8-14(9-15)18-10-22/h2-7,14-15H,8-9H2,1H3,(H,19,20)/t14-,15+. The van der Waals surface area contributed by atoms with Gasteiger partial charge in [-0.1, -0.05) is 12.1 Å². The molecular formula is C17H16N2O2S. The van der Waals surface area contributed by atoms with Crippen molar-refractivity contribution in [2.45, 2.75) is 24.9 Å². The smallest absolute Gasteiger partial charge is 0.251 e. The summed E-state index contributed by atoms with van der Waals surface area (Å²) in [7, 11) is 1.64. The topological polar surface area (TPSA) is 50.7 Å². The molecule has 0 aliphatic heterocycles. The first-order valence-electron chi connectivity index (χ1n) is 7.15. The molecule has 112 valence electrons. The molecule has 0 radical (unpaired) electrons. The van der Waals surface area contributed by atoms with Gasteiger partial charge in [-0.3, -0.25) is 4.79 Å². The molecule has 22 heavy (non-hydrogen) atoms. The Bertz CT molecular complexity index is 762. The predicted molar refractivity (Wildman–Crippen MR) is 89.8 cm³/mol. The molecule has 2 aromatic rings. The van der Waals surface area contributed by atoms with E-state index in [1.807, 2.05) is 36.4 Å². The molecule has 0 unspecified atom stereocenters. The number of hydrogen-bond acceptors (Lipinski definition) is 4. The lowest BCUT2D eigenvalue weighted by Crippen LogP contribution is -2.46. The fourth-order valence-electron chi connectivity index (χ4n) is 2.65. The summed E-state index contributed by atoms with van der Waals surface area (Å²) in [5, 5.41) is 7.48. The van der Waals surface area contributed by atoms with E-state index in [9.17, 15) is 4.79 Å². The van der Waals surface area contributed by atoms with Crippen LogP contribution in [0, 0.1) is 0 Å². The van der Waals surface area contributed by atoms with Crippen molar-refractivity contribution in [3.8, 4) is 5.75 Å². The number of carbonyl (C=O) groups excluding carboxylic acids is 1. The fraction of sp³-hybridized carbons (Fsp3) is 0.294. The highest BCUT2D eigenvalue weighted by atomic mass is 32.1. The van der Waals surface area contributed by atoms with Gasteiger partial charge in [-0.15, -0.1) is 0 Å². The molecular weight excluding hydrogens is 296 g/mol. The minimum atomic E-state index is -0.0486. The van der Waals surface area contributed by atoms with Gasteiger partial charge in [-0.05, 0) is 60.1 Å². The highest BCUT2D eigenvalue weighted by molar-refractivity contribution is 7.78. The van der Waals surface area contributed by atoms with E-state index in [4.69, 9.17) is 4.74 Å². The Morgan fingerprint density at radius 2 is 2.00 bits per heavy atom. The van der Waals surface area contributed by atoms with Gasteiger partial charge in [0.25, 0.3) is 5.91 Å². The monoisotopic (exact) mass is 312 g/mol. The zero-order valence-corrected chi connectivity index (χ0v) is 13.0. The number of amides is 1. The first-order chi connectivity index (χ1) is 10.7. The number of ether oxygens (including phenoxy) is 1. The Hall–Kier alpha value is -2.23. The number of nitrogens with one attached hydrogen (secondary N) is 1. The van der Waals surface area contributed by atoms with Crippen molar-refractivity contribution in [3.63, 3.8) is 0 Å². The summed E-state index contributed by atoms with van der Waals surface area (Å²) in [6, 6.07) is 11.9. The Kier molecular flexibility index (Phi) is 4.18. The molecule has 1 aliphatic carbocycles. The van der Waals surface area contributed by atoms with E-state index in [0.29, 0.717) is 5.56 Å². The Labute approximate surface area is 134 Å². The zero-order chi connectivity index (χ0) is 15.5. The number of hydrogen-bond donors (Lipinski definition) is 1. The van der Waals surface area contributed by atoms with Crippen LogP contribution in [0.4, 0.5) is 0 Å². The van der Waals surface area contributed by atoms with Crippen molar-refractivity contribution in [1.82, 2.24) is 5.32 Å². The Balaban J connectivity index is 1.70. The predicted octanol–water partition coefficient (Wildman–Crippen LogP) is 3.21. The third-order valence-electron chi connectivity index (χ3n) is 3.99. The van der Waals surface area contributed by atoms with E-state index in [0.717, 1.165) is 29.4 Å². The maximum Gasteiger partial charge on any atom is 0.251 e. The maximum absolute atomic E-state index is 12.3. The van der Waals surface area contributed by atoms with Crippen LogP contribution < -0.4 is 10.1 Å². The molecule has 0 saturated heterocycles. The van der Waals surface area contributed by atoms with E-state index in [1.165, 1.54) is 0 Å². The SMILES string of the molecule is COc1ccc2cc(C(=O)N[C@H]3C[C@@H](N=C=S)C3)ccc2c1. The van der Waals surface area contributed by atoms with Crippen molar-refractivity contribution in [1.29, 1.82) is 0 Å². The first kappa shape index (κ1) is 14.7. The van der Waals surface area contributed by atoms with Gasteiger partial charge in [0.1, 0.15) is 5.75 Å². The van der Waals surface area contributed by atoms with E-state index in [-0.39, 0.29) is 18.0 Å². The summed E-state index contributed by atoms with van der Waals surface area (Å²) in [4.78, 5) is 16.3. The lowest BCUT2D eigenvalue weighted by Gasteiger charge is -2.32. The van der Waals surface area contributed by atoms with E-state index >= 15 is 0 Å². The molecule has 0 aromatic heterocycles. The summed E-state index contributed by atoms with van der Waals surface area (Å²) in [5.74, 6) is 0.761. The molecule has 0 spiro atoms. The second kappa shape index (κ2) is 6.26. The largest absolute Gasteiger partial charge is 0.497 e. The highest BCUT2D eigenvalue weighted by Gasteiger charge is 2.30. The van der Waals surface area contributed by atoms with Gasteiger partial charge in [0, 0.05) is 11.6 Å². The second-order valence-corrected chi connectivity index (χ2v) is 5.63. The van der Waals surface area contributed by atoms with Gasteiger partial charge in [0.05, 0.1) is 18.3 Å². The van der Waals surface area contributed by atoms with Gasteiger partial charge in [0.15, 0.2) is 0 Å². The summed E-state index contributed by atoms with van der Waals surface area (Å²) in [6.45, 7) is 0. The minimum absolute atomic E-state index is 0.0486. The first-order valence-corrected chi connectivity index (χ1v) is 7.56. The molecule has 0 bridgehead atoms. The van der Waals surface area contributed by atoms with Crippen molar-refractivity contribution >= 4 is 34.1 Å². The lowest BCUT2D eigenvalue weighted by atomic mass is 9.87. The third kappa shape index (κ3) is 3.01. The van der Waals surface area contributed by atoms with Crippen LogP contribution in [0.25, 0.3) is 10.8 Å².